The van der Waals surface area contributed by atoms with Crippen molar-refractivity contribution in [1.29, 1.82) is 0 Å². The van der Waals surface area contributed by atoms with E-state index >= 15 is 0 Å². The lowest BCUT2D eigenvalue weighted by Crippen LogP contribution is -2.41. The number of nitrogens with zero attached hydrogens (tertiary/aromatic N) is 2. The smallest absolute Gasteiger partial charge is 0.255 e. The van der Waals surface area contributed by atoms with Crippen LogP contribution in [-0.4, -0.2) is 155 Å². The van der Waals surface area contributed by atoms with Gasteiger partial charge in [0.25, 0.3) is 23.6 Å². The highest BCUT2D eigenvalue weighted by Gasteiger charge is 2.32. The van der Waals surface area contributed by atoms with Crippen LogP contribution >= 0.6 is 136 Å². The van der Waals surface area contributed by atoms with Gasteiger partial charge in [0, 0.05) is 34.3 Å². The first-order chi connectivity index (χ1) is 25.9. The second-order valence-electron chi connectivity index (χ2n) is 11.4. The summed E-state index contributed by atoms with van der Waals surface area (Å²) in [6, 6.07) is -2.00. The van der Waals surface area contributed by atoms with E-state index in [0.717, 1.165) is 0 Å². The Morgan fingerprint density at radius 3 is 1.07 bits per heavy atom. The number of hydrogen-bond donors (Lipinski definition) is 10. The van der Waals surface area contributed by atoms with Crippen molar-refractivity contribution in [3.8, 4) is 0 Å². The number of carbonyl (C=O) groups is 6. The van der Waals surface area contributed by atoms with Gasteiger partial charge in [-0.2, -0.15) is 0 Å². The van der Waals surface area contributed by atoms with Gasteiger partial charge in [0.2, 0.25) is 11.8 Å². The van der Waals surface area contributed by atoms with E-state index in [1.807, 2.05) is 136 Å². The van der Waals surface area contributed by atoms with Crippen molar-refractivity contribution in [3.05, 3.63) is 43.7 Å². The molecular formula is C31H36I6N6O12. The lowest BCUT2D eigenvalue weighted by atomic mass is 10.1. The van der Waals surface area contributed by atoms with Crippen LogP contribution in [0.4, 0.5) is 11.4 Å². The Hall–Kier alpha value is -0.600. The molecular weight excluding hydrogens is 1410 g/mol. The molecule has 0 aliphatic rings. The van der Waals surface area contributed by atoms with Crippen LogP contribution in [0.3, 0.4) is 0 Å². The van der Waals surface area contributed by atoms with Crippen molar-refractivity contribution in [2.24, 2.45) is 0 Å². The first-order valence-corrected chi connectivity index (χ1v) is 22.1. The highest BCUT2D eigenvalue weighted by atomic mass is 127. The van der Waals surface area contributed by atoms with Crippen LogP contribution in [0, 0.1) is 21.4 Å². The Kier molecular flexibility index (Phi) is 21.9. The fourth-order valence-corrected chi connectivity index (χ4v) is 13.4. The molecule has 0 spiro atoms. The largest absolute Gasteiger partial charge is 0.394 e. The quantitative estimate of drug-likeness (QED) is 0.0919. The van der Waals surface area contributed by atoms with Gasteiger partial charge >= 0.3 is 0 Å². The number of aliphatic hydroxyl groups is 6. The van der Waals surface area contributed by atoms with Crippen molar-refractivity contribution in [2.45, 2.75) is 18.5 Å². The van der Waals surface area contributed by atoms with Gasteiger partial charge in [0.1, 0.15) is 13.2 Å². The predicted molar refractivity (Wildman–Crippen MR) is 250 cm³/mol. The van der Waals surface area contributed by atoms with Crippen LogP contribution in [0.15, 0.2) is 0 Å². The Bertz CT molecular complexity index is 1690. The highest BCUT2D eigenvalue weighted by molar-refractivity contribution is 14.1. The molecule has 0 aliphatic carbocycles. The van der Waals surface area contributed by atoms with Crippen LogP contribution < -0.4 is 21.3 Å². The van der Waals surface area contributed by atoms with Crippen LogP contribution in [0.5, 0.6) is 0 Å². The minimum absolute atomic E-state index is 0.00333. The number of carbonyl (C=O) groups excluding carboxylic acids is 6. The maximum atomic E-state index is 14.0. The van der Waals surface area contributed by atoms with Gasteiger partial charge in [-0.1, -0.05) is 0 Å². The van der Waals surface area contributed by atoms with Gasteiger partial charge in [0.15, 0.2) is 0 Å². The highest BCUT2D eigenvalue weighted by Crippen LogP contribution is 2.38. The van der Waals surface area contributed by atoms with Crippen molar-refractivity contribution >= 4 is 182 Å². The monoisotopic (exact) mass is 1450 g/mol. The molecule has 10 N–H and O–H groups in total. The number of hydrogen-bond acceptors (Lipinski definition) is 12. The number of rotatable bonds is 18. The third-order valence-electron chi connectivity index (χ3n) is 7.56. The Morgan fingerprint density at radius 1 is 0.509 bits per heavy atom. The molecule has 0 aromatic heterocycles. The van der Waals surface area contributed by atoms with E-state index in [-0.39, 0.29) is 74.6 Å². The molecule has 55 heavy (non-hydrogen) atoms. The average Bonchev–Trinajstić information content (AvgIpc) is 3.15. The molecule has 0 saturated carbocycles. The van der Waals surface area contributed by atoms with Gasteiger partial charge in [-0.3, -0.25) is 28.8 Å². The summed E-state index contributed by atoms with van der Waals surface area (Å²) < 4.78 is 1.51. The molecule has 0 heterocycles. The maximum absolute atomic E-state index is 14.0. The molecule has 2 aromatic rings. The molecule has 0 bridgehead atoms. The van der Waals surface area contributed by atoms with E-state index < -0.39 is 87.2 Å². The topological polar surface area (TPSA) is 278 Å². The van der Waals surface area contributed by atoms with Gasteiger partial charge in [-0.05, 0) is 142 Å². The third-order valence-corrected chi connectivity index (χ3v) is 14.0. The first-order valence-electron chi connectivity index (χ1n) is 15.6. The molecule has 0 saturated heterocycles. The lowest BCUT2D eigenvalue weighted by Gasteiger charge is -2.25. The molecule has 24 heteroatoms. The van der Waals surface area contributed by atoms with Gasteiger partial charge in [-0.15, -0.1) is 0 Å². The summed E-state index contributed by atoms with van der Waals surface area (Å²) in [4.78, 5) is 81.8. The summed E-state index contributed by atoms with van der Waals surface area (Å²) in [5.41, 5.74) is 0.322. The van der Waals surface area contributed by atoms with E-state index in [0.29, 0.717) is 0 Å². The van der Waals surface area contributed by atoms with Crippen LogP contribution in [0.2, 0.25) is 0 Å². The summed E-state index contributed by atoms with van der Waals surface area (Å²) >= 11 is 11.0. The van der Waals surface area contributed by atoms with Crippen molar-refractivity contribution in [3.63, 3.8) is 0 Å². The maximum Gasteiger partial charge on any atom is 0.255 e. The van der Waals surface area contributed by atoms with E-state index in [2.05, 4.69) is 21.3 Å². The number of nitrogens with one attached hydrogen (secondary N) is 4. The van der Waals surface area contributed by atoms with Crippen molar-refractivity contribution in [1.82, 2.24) is 20.4 Å². The predicted octanol–water partition coefficient (Wildman–Crippen LogP) is 0.576. The minimum atomic E-state index is -0.999. The van der Waals surface area contributed by atoms with Crippen molar-refractivity contribution < 1.29 is 59.4 Å². The number of amides is 6. The summed E-state index contributed by atoms with van der Waals surface area (Å²) in [6.07, 6.45) is 0.242. The second kappa shape index (κ2) is 23.9. The van der Waals surface area contributed by atoms with Crippen LogP contribution in [-0.2, 0) is 9.59 Å². The third kappa shape index (κ3) is 12.7. The van der Waals surface area contributed by atoms with E-state index in [9.17, 15) is 59.4 Å². The minimum Gasteiger partial charge on any atom is -0.394 e. The Balaban J connectivity index is 2.47. The SMILES string of the molecule is CN(CCCN(C)C(=O)c1c(I)c(NC(=O)CO)c(I)c(C(=O)NC(CO)CO)c1I)C(=O)c1c(I)c(NC(=O)CO)c(I)c(C(=O)NC(CO)CO)c1I. The molecule has 6 amide bonds. The molecule has 0 unspecified atom stereocenters. The standard InChI is InChI=1S/C31H36I6N6O12/c1-42(30(54)18-20(32)16(28(52)38-12(6-44)7-45)22(34)26(24(18)36)40-14(50)10-48)4-3-5-43(2)31(55)19-21(33)17(29(53)39-13(8-46)9-47)23(35)27(25(19)37)41-15(51)11-49/h12-13,44-49H,3-11H2,1-2H3,(H,38,52)(H,39,53)(H,40,50)(H,41,51). The molecule has 0 radical (unpaired) electrons. The molecule has 304 valence electrons. The molecule has 0 atom stereocenters. The molecule has 18 nitrogen and oxygen atoms in total. The van der Waals surface area contributed by atoms with Crippen molar-refractivity contribution in [2.75, 3.05) is 77.5 Å². The number of halogens is 6. The normalized spacial score (nSPS) is 11.1. The van der Waals surface area contributed by atoms with Crippen LogP contribution in [0.25, 0.3) is 0 Å². The number of anilines is 2. The Morgan fingerprint density at radius 2 is 0.800 bits per heavy atom. The summed E-state index contributed by atoms with van der Waals surface area (Å²) in [6.45, 7) is -3.78. The summed E-state index contributed by atoms with van der Waals surface area (Å²) in [7, 11) is 3.01. The van der Waals surface area contributed by atoms with E-state index in [1.165, 1.54) is 23.9 Å². The number of aliphatic hydroxyl groups excluding tert-OH is 6. The second-order valence-corrected chi connectivity index (χ2v) is 17.9. The summed E-state index contributed by atoms with van der Waals surface area (Å²) in [5.74, 6) is -4.12. The molecule has 2 aromatic carbocycles. The first kappa shape index (κ1) is 50.5. The summed E-state index contributed by atoms with van der Waals surface area (Å²) in [5, 5.41) is 66.8. The zero-order valence-electron chi connectivity index (χ0n) is 28.8. The fourth-order valence-electron chi connectivity index (χ4n) is 4.62. The van der Waals surface area contributed by atoms with E-state index in [4.69, 9.17) is 0 Å². The van der Waals surface area contributed by atoms with Gasteiger partial charge < -0.3 is 61.7 Å². The lowest BCUT2D eigenvalue weighted by molar-refractivity contribution is -0.119. The zero-order valence-corrected chi connectivity index (χ0v) is 41.8. The molecule has 0 aliphatic heterocycles. The fraction of sp³-hybridized carbons (Fsp3) is 0.419. The number of benzene rings is 2. The van der Waals surface area contributed by atoms with Gasteiger partial charge in [-0.25, -0.2) is 0 Å². The Labute approximate surface area is 396 Å². The average molecular weight is 1450 g/mol. The molecule has 2 rings (SSSR count). The van der Waals surface area contributed by atoms with E-state index in [1.54, 1.807) is 0 Å². The molecule has 0 fully saturated rings. The van der Waals surface area contributed by atoms with Crippen LogP contribution in [0.1, 0.15) is 47.9 Å². The zero-order chi connectivity index (χ0) is 41.9. The van der Waals surface area contributed by atoms with Gasteiger partial charge in [0.05, 0.1) is 86.4 Å².